The van der Waals surface area contributed by atoms with Crippen molar-refractivity contribution in [1.82, 2.24) is 9.88 Å². The van der Waals surface area contributed by atoms with Crippen LogP contribution in [0.3, 0.4) is 0 Å². The fourth-order valence-corrected chi connectivity index (χ4v) is 6.56. The number of ether oxygens (including phenoxy) is 1. The third kappa shape index (κ3) is 6.61. The number of carbonyl (C=O) groups is 2. The van der Waals surface area contributed by atoms with Crippen LogP contribution in [0.25, 0.3) is 0 Å². The molecule has 30 heavy (non-hydrogen) atoms. The molecule has 1 atom stereocenters. The van der Waals surface area contributed by atoms with Crippen LogP contribution in [0.15, 0.2) is 10.4 Å². The van der Waals surface area contributed by atoms with E-state index < -0.39 is 0 Å². The zero-order chi connectivity index (χ0) is 21.3. The van der Waals surface area contributed by atoms with Crippen LogP contribution >= 0.6 is 23.1 Å². The minimum absolute atomic E-state index is 0.00172. The van der Waals surface area contributed by atoms with Gasteiger partial charge in [0.1, 0.15) is 5.25 Å². The Morgan fingerprint density at radius 3 is 2.27 bits per heavy atom. The molecule has 8 heteroatoms. The normalized spacial score (nSPS) is 19.7. The number of thioether (sulfide) groups is 1. The molecule has 1 unspecified atom stereocenters. The summed E-state index contributed by atoms with van der Waals surface area (Å²) in [5.41, 5.74) is 0. The molecule has 0 radical (unpaired) electrons. The van der Waals surface area contributed by atoms with Crippen LogP contribution in [0.5, 0.6) is 0 Å². The van der Waals surface area contributed by atoms with E-state index in [-0.39, 0.29) is 17.3 Å². The van der Waals surface area contributed by atoms with Crippen molar-refractivity contribution >= 4 is 40.2 Å². The van der Waals surface area contributed by atoms with Gasteiger partial charge in [0, 0.05) is 12.1 Å². The van der Waals surface area contributed by atoms with Gasteiger partial charge in [-0.3, -0.25) is 10.1 Å². The molecule has 0 aliphatic heterocycles. The number of aromatic nitrogens is 1. The van der Waals surface area contributed by atoms with E-state index in [4.69, 9.17) is 4.74 Å². The van der Waals surface area contributed by atoms with Crippen molar-refractivity contribution in [3.8, 4) is 0 Å². The molecule has 1 aromatic heterocycles. The van der Waals surface area contributed by atoms with Gasteiger partial charge >= 0.3 is 12.0 Å². The summed E-state index contributed by atoms with van der Waals surface area (Å²) in [5.74, 6) is -0.224. The number of nitrogens with one attached hydrogen (secondary N) is 1. The molecule has 168 valence electrons. The lowest BCUT2D eigenvalue weighted by Crippen LogP contribution is -2.49. The van der Waals surface area contributed by atoms with E-state index in [2.05, 4.69) is 15.2 Å². The number of esters is 1. The number of carbonyl (C=O) groups excluding carboxylic acids is 2. The Bertz CT molecular complexity index is 683. The third-order valence-electron chi connectivity index (χ3n) is 6.03. The summed E-state index contributed by atoms with van der Waals surface area (Å²) in [4.78, 5) is 31.8. The Balaban J connectivity index is 1.64. The van der Waals surface area contributed by atoms with Gasteiger partial charge < -0.3 is 9.64 Å². The van der Waals surface area contributed by atoms with Crippen LogP contribution in [-0.2, 0) is 9.53 Å². The predicted molar refractivity (Wildman–Crippen MR) is 123 cm³/mol. The van der Waals surface area contributed by atoms with Crippen LogP contribution < -0.4 is 5.32 Å². The number of hydrogen-bond donors (Lipinski definition) is 1. The maximum absolute atomic E-state index is 13.3. The maximum atomic E-state index is 13.3. The van der Waals surface area contributed by atoms with Crippen molar-refractivity contribution in [2.75, 3.05) is 11.9 Å². The van der Waals surface area contributed by atoms with E-state index in [1.165, 1.54) is 68.0 Å². The average Bonchev–Trinajstić information content (AvgIpc) is 3.00. The van der Waals surface area contributed by atoms with Gasteiger partial charge in [-0.1, -0.05) is 68.0 Å². The molecular weight excluding hydrogens is 418 g/mol. The average molecular weight is 454 g/mol. The first-order valence-corrected chi connectivity index (χ1v) is 13.2. The lowest BCUT2D eigenvalue weighted by molar-refractivity contribution is -0.142. The maximum Gasteiger partial charge on any atom is 0.324 e. The Kier molecular flexibility index (Phi) is 9.30. The molecule has 2 aliphatic carbocycles. The monoisotopic (exact) mass is 453 g/mol. The first kappa shape index (κ1) is 23.4. The summed E-state index contributed by atoms with van der Waals surface area (Å²) in [5, 5.41) is 3.38. The highest BCUT2D eigenvalue weighted by Gasteiger charge is 2.32. The quantitative estimate of drug-likeness (QED) is 0.308. The van der Waals surface area contributed by atoms with Crippen molar-refractivity contribution in [3.05, 3.63) is 6.20 Å². The third-order valence-corrected chi connectivity index (χ3v) is 8.16. The molecule has 1 N–H and O–H groups in total. The smallest absolute Gasteiger partial charge is 0.324 e. The molecule has 1 aromatic rings. The fraction of sp³-hybridized carbons (Fsp3) is 0.773. The van der Waals surface area contributed by atoms with E-state index >= 15 is 0 Å². The summed E-state index contributed by atoms with van der Waals surface area (Å²) in [6.45, 7) is 4.02. The Morgan fingerprint density at radius 2 is 1.70 bits per heavy atom. The second kappa shape index (κ2) is 11.9. The second-order valence-corrected chi connectivity index (χ2v) is 10.9. The second-order valence-electron chi connectivity index (χ2n) is 8.27. The SMILES string of the molecule is CCOC(=O)C(C)Sc1cnc(NC(=O)N(C2CCCCCC2)C2CCCCC2)s1. The van der Waals surface area contributed by atoms with E-state index in [0.717, 1.165) is 29.9 Å². The van der Waals surface area contributed by atoms with Gasteiger partial charge in [-0.2, -0.15) is 0 Å². The molecule has 2 aliphatic rings. The van der Waals surface area contributed by atoms with Gasteiger partial charge in [-0.05, 0) is 39.5 Å². The zero-order valence-corrected chi connectivity index (χ0v) is 19.9. The highest BCUT2D eigenvalue weighted by Crippen LogP contribution is 2.33. The van der Waals surface area contributed by atoms with Crippen LogP contribution in [-0.4, -0.2) is 45.8 Å². The Hall–Kier alpha value is -1.28. The number of urea groups is 1. The first-order chi connectivity index (χ1) is 14.6. The first-order valence-electron chi connectivity index (χ1n) is 11.5. The minimum atomic E-state index is -0.293. The fourth-order valence-electron chi connectivity index (χ4n) is 4.53. The molecule has 3 rings (SSSR count). The Morgan fingerprint density at radius 1 is 1.13 bits per heavy atom. The number of nitrogens with zero attached hydrogens (tertiary/aromatic N) is 2. The predicted octanol–water partition coefficient (Wildman–Crippen LogP) is 6.08. The minimum Gasteiger partial charge on any atom is -0.465 e. The highest BCUT2D eigenvalue weighted by atomic mass is 32.2. The molecular formula is C22H35N3O3S2. The van der Waals surface area contributed by atoms with Crippen molar-refractivity contribution in [2.45, 2.75) is 106 Å². The van der Waals surface area contributed by atoms with Crippen molar-refractivity contribution in [1.29, 1.82) is 0 Å². The van der Waals surface area contributed by atoms with Gasteiger partial charge in [0.05, 0.1) is 17.0 Å². The van der Waals surface area contributed by atoms with Crippen LogP contribution in [0.2, 0.25) is 0 Å². The highest BCUT2D eigenvalue weighted by molar-refractivity contribution is 8.02. The van der Waals surface area contributed by atoms with Crippen LogP contribution in [0.1, 0.15) is 84.5 Å². The number of rotatable bonds is 7. The standard InChI is InChI=1S/C22H35N3O3S2/c1-3-28-20(26)16(2)29-19-15-23-21(30-19)24-22(27)25(18-13-9-6-10-14-18)17-11-7-4-5-8-12-17/h15-18H,3-14H2,1-2H3,(H,23,24,27). The molecule has 0 aromatic carbocycles. The number of hydrogen-bond acceptors (Lipinski definition) is 6. The number of anilines is 1. The number of amides is 2. The molecule has 6 nitrogen and oxygen atoms in total. The largest absolute Gasteiger partial charge is 0.465 e. The molecule has 2 amide bonds. The summed E-state index contributed by atoms with van der Waals surface area (Å²) < 4.78 is 5.98. The van der Waals surface area contributed by atoms with Crippen molar-refractivity contribution in [2.24, 2.45) is 0 Å². The molecule has 0 saturated heterocycles. The van der Waals surface area contributed by atoms with E-state index in [1.807, 2.05) is 13.8 Å². The van der Waals surface area contributed by atoms with Crippen LogP contribution in [0.4, 0.5) is 9.93 Å². The molecule has 0 spiro atoms. The lowest BCUT2D eigenvalue weighted by Gasteiger charge is -2.39. The summed E-state index contributed by atoms with van der Waals surface area (Å²) in [6.07, 6.45) is 14.9. The molecule has 0 bridgehead atoms. The molecule has 1 heterocycles. The summed E-state index contributed by atoms with van der Waals surface area (Å²) in [7, 11) is 0. The number of thiazole rings is 1. The van der Waals surface area contributed by atoms with Gasteiger partial charge in [0.2, 0.25) is 0 Å². The summed E-state index contributed by atoms with van der Waals surface area (Å²) in [6, 6.07) is 0.686. The van der Waals surface area contributed by atoms with E-state index in [1.54, 1.807) is 6.20 Å². The van der Waals surface area contributed by atoms with Gasteiger partial charge in [0.15, 0.2) is 5.13 Å². The molecule has 2 saturated carbocycles. The molecule has 2 fully saturated rings. The Labute approximate surface area is 188 Å². The van der Waals surface area contributed by atoms with E-state index in [9.17, 15) is 9.59 Å². The van der Waals surface area contributed by atoms with Crippen molar-refractivity contribution < 1.29 is 14.3 Å². The van der Waals surface area contributed by atoms with Gasteiger partial charge in [0.25, 0.3) is 0 Å². The van der Waals surface area contributed by atoms with E-state index in [0.29, 0.717) is 23.8 Å². The zero-order valence-electron chi connectivity index (χ0n) is 18.2. The van der Waals surface area contributed by atoms with Crippen molar-refractivity contribution in [3.63, 3.8) is 0 Å². The topological polar surface area (TPSA) is 71.5 Å². The van der Waals surface area contributed by atoms with Gasteiger partial charge in [-0.15, -0.1) is 0 Å². The van der Waals surface area contributed by atoms with Gasteiger partial charge in [-0.25, -0.2) is 9.78 Å². The summed E-state index contributed by atoms with van der Waals surface area (Å²) >= 11 is 2.85. The lowest BCUT2D eigenvalue weighted by atomic mass is 9.92. The van der Waals surface area contributed by atoms with Crippen LogP contribution in [0, 0.1) is 0 Å².